The number of aryl methyl sites for hydroxylation is 1. The predicted molar refractivity (Wildman–Crippen MR) is 93.0 cm³/mol. The molecule has 1 aliphatic carbocycles. The smallest absolute Gasteiger partial charge is 0.329 e. The maximum Gasteiger partial charge on any atom is 0.329 e. The quantitative estimate of drug-likeness (QED) is 0.724. The zero-order chi connectivity index (χ0) is 17.8. The van der Waals surface area contributed by atoms with Gasteiger partial charge in [-0.2, -0.15) is 5.10 Å². The predicted octanol–water partition coefficient (Wildman–Crippen LogP) is 2.20. The Labute approximate surface area is 147 Å². The van der Waals surface area contributed by atoms with Crippen molar-refractivity contribution in [1.29, 1.82) is 0 Å². The van der Waals surface area contributed by atoms with Crippen LogP contribution in [0.4, 0.5) is 0 Å². The van der Waals surface area contributed by atoms with E-state index in [1.54, 1.807) is 35.9 Å². The number of carbonyl (C=O) groups is 2. The Balaban J connectivity index is 1.89. The molecular formula is C19H23N3O3. The van der Waals surface area contributed by atoms with Crippen LogP contribution in [0.3, 0.4) is 0 Å². The van der Waals surface area contributed by atoms with E-state index in [1.165, 1.54) is 0 Å². The third kappa shape index (κ3) is 4.07. The number of benzene rings is 1. The molecule has 1 heterocycles. The molecule has 1 unspecified atom stereocenters. The highest BCUT2D eigenvalue weighted by molar-refractivity contribution is 5.97. The van der Waals surface area contributed by atoms with Gasteiger partial charge in [0.2, 0.25) is 0 Å². The summed E-state index contributed by atoms with van der Waals surface area (Å²) in [6.45, 7) is 2.07. The first-order valence-corrected chi connectivity index (χ1v) is 8.62. The molecule has 1 atom stereocenters. The summed E-state index contributed by atoms with van der Waals surface area (Å²) >= 11 is 0. The summed E-state index contributed by atoms with van der Waals surface area (Å²) in [5.74, 6) is -0.514. The second-order valence-electron chi connectivity index (χ2n) is 6.30. The van der Waals surface area contributed by atoms with Gasteiger partial charge in [0, 0.05) is 25.7 Å². The second-order valence-corrected chi connectivity index (χ2v) is 6.30. The Hall–Kier alpha value is -2.63. The molecule has 6 heteroatoms. The van der Waals surface area contributed by atoms with Crippen molar-refractivity contribution >= 4 is 11.9 Å². The summed E-state index contributed by atoms with van der Waals surface area (Å²) < 4.78 is 6.86. The lowest BCUT2D eigenvalue weighted by molar-refractivity contribution is -0.148. The van der Waals surface area contributed by atoms with Crippen LogP contribution in [0.5, 0.6) is 0 Å². The Morgan fingerprint density at radius 1 is 1.32 bits per heavy atom. The maximum absolute atomic E-state index is 13.0. The summed E-state index contributed by atoms with van der Waals surface area (Å²) in [7, 11) is 1.77. The van der Waals surface area contributed by atoms with E-state index in [9.17, 15) is 9.59 Å². The minimum atomic E-state index is -0.623. The standard InChI is InChI=1S/C19H23N3O3/c1-3-25-19(24)17(11-14-7-5-4-6-8-14)22(16-9-10-16)18(23)15-12-20-21(2)13-15/h4-8,12-13,16-17H,3,9-11H2,1-2H3. The molecule has 0 spiro atoms. The van der Waals surface area contributed by atoms with Gasteiger partial charge >= 0.3 is 5.97 Å². The van der Waals surface area contributed by atoms with Gasteiger partial charge in [-0.1, -0.05) is 30.3 Å². The average molecular weight is 341 g/mol. The Morgan fingerprint density at radius 2 is 2.04 bits per heavy atom. The largest absolute Gasteiger partial charge is 0.464 e. The van der Waals surface area contributed by atoms with Crippen LogP contribution in [0.1, 0.15) is 35.7 Å². The molecule has 0 N–H and O–H groups in total. The Bertz CT molecular complexity index is 737. The highest BCUT2D eigenvalue weighted by atomic mass is 16.5. The monoisotopic (exact) mass is 341 g/mol. The molecule has 25 heavy (non-hydrogen) atoms. The van der Waals surface area contributed by atoms with Gasteiger partial charge < -0.3 is 9.64 Å². The van der Waals surface area contributed by atoms with Crippen LogP contribution in [0.15, 0.2) is 42.7 Å². The average Bonchev–Trinajstić information content (AvgIpc) is 3.35. The van der Waals surface area contributed by atoms with Crippen molar-refractivity contribution in [1.82, 2.24) is 14.7 Å². The van der Waals surface area contributed by atoms with Gasteiger partial charge in [-0.3, -0.25) is 9.48 Å². The molecule has 1 aliphatic rings. The fourth-order valence-corrected chi connectivity index (χ4v) is 2.97. The number of carbonyl (C=O) groups excluding carboxylic acids is 2. The van der Waals surface area contributed by atoms with Gasteiger partial charge in [-0.25, -0.2) is 4.79 Å². The molecule has 3 rings (SSSR count). The topological polar surface area (TPSA) is 64.4 Å². The SMILES string of the molecule is CCOC(=O)C(Cc1ccccc1)N(C(=O)c1cnn(C)c1)C1CC1. The molecule has 1 amide bonds. The van der Waals surface area contributed by atoms with Crippen molar-refractivity contribution in [3.8, 4) is 0 Å². The number of ether oxygens (including phenoxy) is 1. The third-order valence-corrected chi connectivity index (χ3v) is 4.29. The Kier molecular flexibility index (Phi) is 5.16. The van der Waals surface area contributed by atoms with Gasteiger partial charge in [0.1, 0.15) is 6.04 Å². The third-order valence-electron chi connectivity index (χ3n) is 4.29. The van der Waals surface area contributed by atoms with E-state index in [0.717, 1.165) is 18.4 Å². The fraction of sp³-hybridized carbons (Fsp3) is 0.421. The first-order chi connectivity index (χ1) is 12.1. The van der Waals surface area contributed by atoms with E-state index in [2.05, 4.69) is 5.10 Å². The van der Waals surface area contributed by atoms with E-state index < -0.39 is 6.04 Å². The molecule has 0 radical (unpaired) electrons. The number of amides is 1. The lowest BCUT2D eigenvalue weighted by Gasteiger charge is -2.30. The summed E-state index contributed by atoms with van der Waals surface area (Å²) in [6, 6.07) is 9.19. The first kappa shape index (κ1) is 17.2. The van der Waals surface area contributed by atoms with Crippen LogP contribution in [-0.4, -0.2) is 45.2 Å². The van der Waals surface area contributed by atoms with E-state index in [-0.39, 0.29) is 17.9 Å². The summed E-state index contributed by atoms with van der Waals surface area (Å²) in [5.41, 5.74) is 1.50. The van der Waals surface area contributed by atoms with Crippen molar-refractivity contribution in [3.05, 3.63) is 53.9 Å². The van der Waals surface area contributed by atoms with Crippen molar-refractivity contribution in [3.63, 3.8) is 0 Å². The van der Waals surface area contributed by atoms with Crippen LogP contribution in [0.25, 0.3) is 0 Å². The van der Waals surface area contributed by atoms with Crippen molar-refractivity contribution in [2.45, 2.75) is 38.3 Å². The highest BCUT2D eigenvalue weighted by Gasteiger charge is 2.41. The van der Waals surface area contributed by atoms with Crippen LogP contribution < -0.4 is 0 Å². The second kappa shape index (κ2) is 7.51. The number of rotatable bonds is 7. The molecule has 132 valence electrons. The van der Waals surface area contributed by atoms with Gasteiger partial charge in [-0.15, -0.1) is 0 Å². The number of hydrogen-bond donors (Lipinski definition) is 0. The molecule has 1 aromatic carbocycles. The molecule has 0 bridgehead atoms. The van der Waals surface area contributed by atoms with E-state index in [0.29, 0.717) is 18.6 Å². The molecule has 6 nitrogen and oxygen atoms in total. The lowest BCUT2D eigenvalue weighted by Crippen LogP contribution is -2.48. The number of nitrogens with zero attached hydrogens (tertiary/aromatic N) is 3. The maximum atomic E-state index is 13.0. The zero-order valence-electron chi connectivity index (χ0n) is 14.6. The molecule has 2 aromatic rings. The van der Waals surface area contributed by atoms with Gasteiger partial charge in [-0.05, 0) is 25.3 Å². The molecule has 0 aliphatic heterocycles. The Morgan fingerprint density at radius 3 is 2.60 bits per heavy atom. The summed E-state index contributed by atoms with van der Waals surface area (Å²) in [5, 5.41) is 4.08. The molecule has 1 aromatic heterocycles. The van der Waals surface area contributed by atoms with Gasteiger partial charge in [0.05, 0.1) is 18.4 Å². The molecule has 1 fully saturated rings. The van der Waals surface area contributed by atoms with Gasteiger partial charge in [0.25, 0.3) is 5.91 Å². The number of aromatic nitrogens is 2. The fourth-order valence-electron chi connectivity index (χ4n) is 2.97. The van der Waals surface area contributed by atoms with Crippen molar-refractivity contribution in [2.24, 2.45) is 7.05 Å². The normalized spacial score (nSPS) is 14.8. The first-order valence-electron chi connectivity index (χ1n) is 8.62. The van der Waals surface area contributed by atoms with Gasteiger partial charge in [0.15, 0.2) is 0 Å². The van der Waals surface area contributed by atoms with Crippen molar-refractivity contribution < 1.29 is 14.3 Å². The minimum Gasteiger partial charge on any atom is -0.464 e. The lowest BCUT2D eigenvalue weighted by atomic mass is 10.0. The van der Waals surface area contributed by atoms with Crippen LogP contribution >= 0.6 is 0 Å². The molecular weight excluding hydrogens is 318 g/mol. The summed E-state index contributed by atoms with van der Waals surface area (Å²) in [6.07, 6.45) is 5.50. The van der Waals surface area contributed by atoms with Crippen LogP contribution in [-0.2, 0) is 23.0 Å². The molecule has 1 saturated carbocycles. The number of hydrogen-bond acceptors (Lipinski definition) is 4. The highest BCUT2D eigenvalue weighted by Crippen LogP contribution is 2.31. The van der Waals surface area contributed by atoms with Crippen molar-refractivity contribution in [2.75, 3.05) is 6.61 Å². The van der Waals surface area contributed by atoms with E-state index >= 15 is 0 Å². The number of esters is 1. The minimum absolute atomic E-state index is 0.0887. The zero-order valence-corrected chi connectivity index (χ0v) is 14.6. The molecule has 0 saturated heterocycles. The van der Waals surface area contributed by atoms with Crippen LogP contribution in [0.2, 0.25) is 0 Å². The van der Waals surface area contributed by atoms with Crippen LogP contribution in [0, 0.1) is 0 Å². The van der Waals surface area contributed by atoms with E-state index in [4.69, 9.17) is 4.74 Å². The van der Waals surface area contributed by atoms with E-state index in [1.807, 2.05) is 30.3 Å². The summed E-state index contributed by atoms with van der Waals surface area (Å²) in [4.78, 5) is 27.4.